The van der Waals surface area contributed by atoms with Gasteiger partial charge in [0.25, 0.3) is 0 Å². The SMILES string of the molecule is CC(C)OC(=O)C1CCN(C)CCC1=O. The molecule has 0 aromatic rings. The number of nitrogens with zero attached hydrogens (tertiary/aromatic N) is 1. The molecular formula is C11H19NO3. The Labute approximate surface area is 90.6 Å². The molecule has 4 heteroatoms. The maximum Gasteiger partial charge on any atom is 0.316 e. The van der Waals surface area contributed by atoms with Gasteiger partial charge >= 0.3 is 5.97 Å². The number of likely N-dealkylation sites (tertiary alicyclic amines) is 1. The van der Waals surface area contributed by atoms with E-state index in [0.717, 1.165) is 13.1 Å². The molecule has 1 atom stereocenters. The summed E-state index contributed by atoms with van der Waals surface area (Å²) >= 11 is 0. The van der Waals surface area contributed by atoms with Gasteiger partial charge in [-0.25, -0.2) is 0 Å². The standard InChI is InChI=1S/C11H19NO3/c1-8(2)15-11(14)9-4-6-12(3)7-5-10(9)13/h8-9H,4-7H2,1-3H3. The molecule has 0 aliphatic carbocycles. The Balaban J connectivity index is 2.58. The number of hydrogen-bond donors (Lipinski definition) is 0. The largest absolute Gasteiger partial charge is 0.462 e. The van der Waals surface area contributed by atoms with Gasteiger partial charge in [0.1, 0.15) is 11.7 Å². The Bertz CT molecular complexity index is 250. The van der Waals surface area contributed by atoms with Gasteiger partial charge in [0.05, 0.1) is 6.10 Å². The first kappa shape index (κ1) is 12.2. The van der Waals surface area contributed by atoms with E-state index in [0.29, 0.717) is 12.8 Å². The first-order valence-corrected chi connectivity index (χ1v) is 5.42. The first-order chi connectivity index (χ1) is 7.00. The summed E-state index contributed by atoms with van der Waals surface area (Å²) in [7, 11) is 1.96. The van der Waals surface area contributed by atoms with Gasteiger partial charge in [-0.1, -0.05) is 0 Å². The van der Waals surface area contributed by atoms with E-state index in [-0.39, 0.29) is 17.9 Å². The lowest BCUT2D eigenvalue weighted by Crippen LogP contribution is -2.28. The lowest BCUT2D eigenvalue weighted by atomic mass is 9.99. The van der Waals surface area contributed by atoms with Crippen LogP contribution in [-0.4, -0.2) is 42.9 Å². The van der Waals surface area contributed by atoms with E-state index in [1.54, 1.807) is 13.8 Å². The second-order valence-corrected chi connectivity index (χ2v) is 4.35. The van der Waals surface area contributed by atoms with Crippen LogP contribution in [0.1, 0.15) is 26.7 Å². The summed E-state index contributed by atoms with van der Waals surface area (Å²) in [6, 6.07) is 0. The second kappa shape index (κ2) is 5.26. The number of ether oxygens (including phenoxy) is 1. The minimum atomic E-state index is -0.544. The molecule has 1 unspecified atom stereocenters. The van der Waals surface area contributed by atoms with Crippen LogP contribution in [0.5, 0.6) is 0 Å². The normalized spacial score (nSPS) is 24.0. The quantitative estimate of drug-likeness (QED) is 0.504. The van der Waals surface area contributed by atoms with Crippen LogP contribution in [0.4, 0.5) is 0 Å². The highest BCUT2D eigenvalue weighted by Crippen LogP contribution is 2.15. The van der Waals surface area contributed by atoms with E-state index < -0.39 is 5.92 Å². The molecule has 1 heterocycles. The van der Waals surface area contributed by atoms with Crippen molar-refractivity contribution in [3.05, 3.63) is 0 Å². The number of rotatable bonds is 2. The highest BCUT2D eigenvalue weighted by Gasteiger charge is 2.30. The molecule has 4 nitrogen and oxygen atoms in total. The van der Waals surface area contributed by atoms with Crippen molar-refractivity contribution in [1.29, 1.82) is 0 Å². The van der Waals surface area contributed by atoms with Gasteiger partial charge in [-0.05, 0) is 33.9 Å². The molecule has 0 aromatic heterocycles. The van der Waals surface area contributed by atoms with Gasteiger partial charge in [-0.2, -0.15) is 0 Å². The van der Waals surface area contributed by atoms with Crippen molar-refractivity contribution >= 4 is 11.8 Å². The number of ketones is 1. The summed E-state index contributed by atoms with van der Waals surface area (Å²) < 4.78 is 5.07. The third-order valence-electron chi connectivity index (χ3n) is 2.56. The molecular weight excluding hydrogens is 194 g/mol. The molecule has 0 spiro atoms. The number of hydrogen-bond acceptors (Lipinski definition) is 4. The molecule has 0 aromatic carbocycles. The summed E-state index contributed by atoms with van der Waals surface area (Å²) in [5.41, 5.74) is 0. The Morgan fingerprint density at radius 3 is 2.73 bits per heavy atom. The maximum atomic E-state index is 11.7. The molecule has 86 valence electrons. The van der Waals surface area contributed by atoms with E-state index in [4.69, 9.17) is 4.74 Å². The first-order valence-electron chi connectivity index (χ1n) is 5.42. The molecule has 1 fully saturated rings. The Kier molecular flexibility index (Phi) is 4.27. The molecule has 0 bridgehead atoms. The molecule has 0 saturated carbocycles. The summed E-state index contributed by atoms with van der Waals surface area (Å²) in [5, 5.41) is 0. The van der Waals surface area contributed by atoms with E-state index in [1.807, 2.05) is 7.05 Å². The lowest BCUT2D eigenvalue weighted by molar-refractivity contribution is -0.155. The van der Waals surface area contributed by atoms with Crippen molar-refractivity contribution in [2.75, 3.05) is 20.1 Å². The van der Waals surface area contributed by atoms with Crippen LogP contribution in [-0.2, 0) is 14.3 Å². The van der Waals surface area contributed by atoms with E-state index in [2.05, 4.69) is 4.90 Å². The molecule has 1 aliphatic rings. The zero-order chi connectivity index (χ0) is 11.4. The number of carbonyl (C=O) groups excluding carboxylic acids is 2. The molecule has 0 N–H and O–H groups in total. The molecule has 0 radical (unpaired) electrons. The Morgan fingerprint density at radius 2 is 2.13 bits per heavy atom. The maximum absolute atomic E-state index is 11.7. The third-order valence-corrected chi connectivity index (χ3v) is 2.56. The third kappa shape index (κ3) is 3.63. The van der Waals surface area contributed by atoms with Gasteiger partial charge in [0.2, 0.25) is 0 Å². The fourth-order valence-corrected chi connectivity index (χ4v) is 1.66. The summed E-state index contributed by atoms with van der Waals surface area (Å²) in [6.07, 6.45) is 0.890. The van der Waals surface area contributed by atoms with Crippen molar-refractivity contribution in [3.8, 4) is 0 Å². The number of esters is 1. The van der Waals surface area contributed by atoms with Crippen LogP contribution in [0.15, 0.2) is 0 Å². The predicted molar refractivity (Wildman–Crippen MR) is 56.5 cm³/mol. The fraction of sp³-hybridized carbons (Fsp3) is 0.818. The predicted octanol–water partition coefficient (Wildman–Crippen LogP) is 0.849. The fourth-order valence-electron chi connectivity index (χ4n) is 1.66. The van der Waals surface area contributed by atoms with Crippen molar-refractivity contribution in [2.24, 2.45) is 5.92 Å². The van der Waals surface area contributed by atoms with Crippen molar-refractivity contribution in [3.63, 3.8) is 0 Å². The summed E-state index contributed by atoms with van der Waals surface area (Å²) in [6.45, 7) is 5.12. The lowest BCUT2D eigenvalue weighted by Gasteiger charge is -2.15. The minimum absolute atomic E-state index is 0.0185. The highest BCUT2D eigenvalue weighted by molar-refractivity contribution is 5.99. The smallest absolute Gasteiger partial charge is 0.316 e. The van der Waals surface area contributed by atoms with Crippen molar-refractivity contribution < 1.29 is 14.3 Å². The van der Waals surface area contributed by atoms with E-state index >= 15 is 0 Å². The minimum Gasteiger partial charge on any atom is -0.462 e. The zero-order valence-electron chi connectivity index (χ0n) is 9.66. The van der Waals surface area contributed by atoms with Gasteiger partial charge in [0, 0.05) is 13.0 Å². The van der Waals surface area contributed by atoms with E-state index in [1.165, 1.54) is 0 Å². The second-order valence-electron chi connectivity index (χ2n) is 4.35. The Morgan fingerprint density at radius 1 is 1.47 bits per heavy atom. The van der Waals surface area contributed by atoms with Crippen LogP contribution in [0.2, 0.25) is 0 Å². The van der Waals surface area contributed by atoms with Crippen LogP contribution in [0.25, 0.3) is 0 Å². The van der Waals surface area contributed by atoms with Crippen molar-refractivity contribution in [2.45, 2.75) is 32.8 Å². The Hall–Kier alpha value is -0.900. The molecule has 15 heavy (non-hydrogen) atoms. The molecule has 1 rings (SSSR count). The van der Waals surface area contributed by atoms with Crippen LogP contribution < -0.4 is 0 Å². The average molecular weight is 213 g/mol. The average Bonchev–Trinajstić information content (AvgIpc) is 2.28. The zero-order valence-corrected chi connectivity index (χ0v) is 9.66. The van der Waals surface area contributed by atoms with E-state index in [9.17, 15) is 9.59 Å². The number of carbonyl (C=O) groups is 2. The molecule has 1 saturated heterocycles. The van der Waals surface area contributed by atoms with Gasteiger partial charge in [-0.15, -0.1) is 0 Å². The monoisotopic (exact) mass is 213 g/mol. The van der Waals surface area contributed by atoms with Gasteiger partial charge in [0.15, 0.2) is 0 Å². The van der Waals surface area contributed by atoms with Crippen molar-refractivity contribution in [1.82, 2.24) is 4.90 Å². The summed E-state index contributed by atoms with van der Waals surface area (Å²) in [5.74, 6) is -0.882. The van der Waals surface area contributed by atoms with Crippen LogP contribution in [0, 0.1) is 5.92 Å². The highest BCUT2D eigenvalue weighted by atomic mass is 16.5. The molecule has 0 amide bonds. The van der Waals surface area contributed by atoms with Crippen LogP contribution >= 0.6 is 0 Å². The molecule has 1 aliphatic heterocycles. The summed E-state index contributed by atoms with van der Waals surface area (Å²) in [4.78, 5) is 25.3. The topological polar surface area (TPSA) is 46.6 Å². The number of Topliss-reactive ketones (excluding diaryl/α,β-unsaturated/α-hetero) is 1. The van der Waals surface area contributed by atoms with Gasteiger partial charge in [-0.3, -0.25) is 9.59 Å². The van der Waals surface area contributed by atoms with Gasteiger partial charge < -0.3 is 9.64 Å². The van der Waals surface area contributed by atoms with Crippen LogP contribution in [0.3, 0.4) is 0 Å².